The maximum atomic E-state index is 13.1. The van der Waals surface area contributed by atoms with E-state index in [0.717, 1.165) is 34.9 Å². The molecule has 2 N–H and O–H groups in total. The van der Waals surface area contributed by atoms with Gasteiger partial charge in [-0.1, -0.05) is 29.8 Å². The minimum Gasteiger partial charge on any atom is -0.497 e. The standard InChI is InChI=1S/C27H21ClF3N3O6S2/c1-40-19-8-5-16(6-9-19)13-23-25(36)34(26(37)41-23)12-11-32-24(35)17-3-2-4-20(14-17)42(38,39)33-22-15-18(27(29,30)31)7-10-21(22)28/h2-10,13-15,33H,11-12H2,1H3,(H,32,35)/b23-13+. The molecule has 3 aromatic rings. The van der Waals surface area contributed by atoms with Crippen molar-refractivity contribution in [2.24, 2.45) is 0 Å². The molecule has 1 heterocycles. The predicted octanol–water partition coefficient (Wildman–Crippen LogP) is 5.63. The average Bonchev–Trinajstić information content (AvgIpc) is 3.21. The van der Waals surface area contributed by atoms with E-state index in [0.29, 0.717) is 23.4 Å². The number of hydrogen-bond acceptors (Lipinski definition) is 7. The molecule has 3 aromatic carbocycles. The molecule has 1 saturated heterocycles. The van der Waals surface area contributed by atoms with Gasteiger partial charge in [-0.25, -0.2) is 8.42 Å². The summed E-state index contributed by atoms with van der Waals surface area (Å²) in [5.74, 6) is -0.595. The average molecular weight is 640 g/mol. The summed E-state index contributed by atoms with van der Waals surface area (Å²) in [6.07, 6.45) is -3.16. The lowest BCUT2D eigenvalue weighted by Gasteiger charge is -2.14. The Bertz CT molecular complexity index is 1680. The van der Waals surface area contributed by atoms with Gasteiger partial charge in [0, 0.05) is 18.7 Å². The smallest absolute Gasteiger partial charge is 0.416 e. The molecule has 0 saturated carbocycles. The van der Waals surface area contributed by atoms with Gasteiger partial charge in [-0.2, -0.15) is 13.2 Å². The van der Waals surface area contributed by atoms with Gasteiger partial charge in [0.25, 0.3) is 27.1 Å². The molecular weight excluding hydrogens is 619 g/mol. The van der Waals surface area contributed by atoms with Crippen LogP contribution in [0.25, 0.3) is 6.08 Å². The van der Waals surface area contributed by atoms with Gasteiger partial charge in [-0.3, -0.25) is 24.0 Å². The Hall–Kier alpha value is -4.01. The highest BCUT2D eigenvalue weighted by Crippen LogP contribution is 2.35. The summed E-state index contributed by atoms with van der Waals surface area (Å²) in [4.78, 5) is 38.6. The second kappa shape index (κ2) is 12.5. The van der Waals surface area contributed by atoms with Crippen LogP contribution in [0.5, 0.6) is 5.75 Å². The fourth-order valence-corrected chi connectivity index (χ4v) is 5.92. The largest absolute Gasteiger partial charge is 0.497 e. The zero-order valence-corrected chi connectivity index (χ0v) is 24.0. The van der Waals surface area contributed by atoms with Crippen molar-refractivity contribution in [2.75, 3.05) is 24.9 Å². The lowest BCUT2D eigenvalue weighted by Crippen LogP contribution is -2.37. The molecule has 42 heavy (non-hydrogen) atoms. The summed E-state index contributed by atoms with van der Waals surface area (Å²) < 4.78 is 72.0. The number of carbonyl (C=O) groups is 3. The summed E-state index contributed by atoms with van der Waals surface area (Å²) in [7, 11) is -2.91. The van der Waals surface area contributed by atoms with Crippen molar-refractivity contribution in [3.05, 3.63) is 93.3 Å². The molecule has 0 radical (unpaired) electrons. The molecule has 1 aliphatic rings. The first-order valence-electron chi connectivity index (χ1n) is 12.0. The van der Waals surface area contributed by atoms with Gasteiger partial charge < -0.3 is 10.1 Å². The Morgan fingerprint density at radius 2 is 1.79 bits per heavy atom. The molecule has 0 unspecified atom stereocenters. The lowest BCUT2D eigenvalue weighted by atomic mass is 10.2. The van der Waals surface area contributed by atoms with E-state index in [1.807, 2.05) is 4.72 Å². The Kier molecular flexibility index (Phi) is 9.18. The maximum absolute atomic E-state index is 13.1. The Balaban J connectivity index is 1.39. The zero-order chi connectivity index (χ0) is 30.7. The number of ether oxygens (including phenoxy) is 1. The van der Waals surface area contributed by atoms with Crippen LogP contribution in [0.15, 0.2) is 76.5 Å². The minimum atomic E-state index is -4.72. The van der Waals surface area contributed by atoms with Gasteiger partial charge in [0.1, 0.15) is 5.75 Å². The second-order valence-electron chi connectivity index (χ2n) is 8.69. The first-order chi connectivity index (χ1) is 19.8. The van der Waals surface area contributed by atoms with Crippen molar-refractivity contribution < 1.29 is 40.7 Å². The Morgan fingerprint density at radius 3 is 2.45 bits per heavy atom. The summed E-state index contributed by atoms with van der Waals surface area (Å²) in [5, 5.41) is 1.75. The molecule has 0 atom stereocenters. The van der Waals surface area contributed by atoms with Crippen LogP contribution in [0.1, 0.15) is 21.5 Å². The molecule has 220 valence electrons. The van der Waals surface area contributed by atoms with Crippen molar-refractivity contribution in [2.45, 2.75) is 11.1 Å². The normalized spacial score (nSPS) is 14.8. The third-order valence-electron chi connectivity index (χ3n) is 5.85. The molecule has 3 amide bonds. The number of amides is 3. The van der Waals surface area contributed by atoms with Gasteiger partial charge in [0.2, 0.25) is 0 Å². The van der Waals surface area contributed by atoms with E-state index >= 15 is 0 Å². The first kappa shape index (κ1) is 30.9. The van der Waals surface area contributed by atoms with Crippen LogP contribution in [-0.4, -0.2) is 50.6 Å². The van der Waals surface area contributed by atoms with Crippen LogP contribution in [-0.2, 0) is 21.0 Å². The maximum Gasteiger partial charge on any atom is 0.416 e. The number of halogens is 4. The highest BCUT2D eigenvalue weighted by atomic mass is 35.5. The number of imide groups is 1. The molecule has 0 aromatic heterocycles. The number of anilines is 1. The number of benzene rings is 3. The molecule has 0 aliphatic carbocycles. The molecule has 0 bridgehead atoms. The summed E-state index contributed by atoms with van der Waals surface area (Å²) in [5.41, 5.74) is -0.982. The van der Waals surface area contributed by atoms with E-state index in [2.05, 4.69) is 5.32 Å². The van der Waals surface area contributed by atoms with Crippen molar-refractivity contribution >= 4 is 62.2 Å². The summed E-state index contributed by atoms with van der Waals surface area (Å²) >= 11 is 6.65. The monoisotopic (exact) mass is 639 g/mol. The fraction of sp³-hybridized carbons (Fsp3) is 0.148. The highest BCUT2D eigenvalue weighted by molar-refractivity contribution is 8.18. The third kappa shape index (κ3) is 7.24. The number of alkyl halides is 3. The van der Waals surface area contributed by atoms with Gasteiger partial charge >= 0.3 is 6.18 Å². The molecule has 1 aliphatic heterocycles. The molecule has 15 heteroatoms. The number of sulfonamides is 1. The van der Waals surface area contributed by atoms with Crippen LogP contribution in [0.4, 0.5) is 23.7 Å². The number of nitrogens with zero attached hydrogens (tertiary/aromatic N) is 1. The van der Waals surface area contributed by atoms with E-state index in [1.54, 1.807) is 30.3 Å². The van der Waals surface area contributed by atoms with Gasteiger partial charge in [-0.05, 0) is 71.9 Å². The van der Waals surface area contributed by atoms with E-state index in [4.69, 9.17) is 16.3 Å². The van der Waals surface area contributed by atoms with E-state index < -0.39 is 49.4 Å². The van der Waals surface area contributed by atoms with Crippen molar-refractivity contribution in [3.63, 3.8) is 0 Å². The van der Waals surface area contributed by atoms with Crippen LogP contribution in [0.2, 0.25) is 5.02 Å². The second-order valence-corrected chi connectivity index (χ2v) is 11.8. The van der Waals surface area contributed by atoms with Gasteiger partial charge in [0.05, 0.1) is 33.2 Å². The molecule has 9 nitrogen and oxygen atoms in total. The van der Waals surface area contributed by atoms with E-state index in [-0.39, 0.29) is 28.6 Å². The SMILES string of the molecule is COc1ccc(/C=C2/SC(=O)N(CCNC(=O)c3cccc(S(=O)(=O)Nc4cc(C(F)(F)F)ccc4Cl)c3)C2=O)cc1. The van der Waals surface area contributed by atoms with Crippen molar-refractivity contribution in [3.8, 4) is 5.75 Å². The lowest BCUT2D eigenvalue weighted by molar-refractivity contribution is -0.137. The topological polar surface area (TPSA) is 122 Å². The van der Waals surface area contributed by atoms with Crippen LogP contribution in [0, 0.1) is 0 Å². The Labute approximate surface area is 247 Å². The summed E-state index contributed by atoms with van der Waals surface area (Å²) in [6, 6.07) is 13.8. The summed E-state index contributed by atoms with van der Waals surface area (Å²) in [6.45, 7) is -0.258. The van der Waals surface area contributed by atoms with Crippen LogP contribution in [0.3, 0.4) is 0 Å². The highest BCUT2D eigenvalue weighted by Gasteiger charge is 2.35. The minimum absolute atomic E-state index is 0.0819. The number of nitrogens with one attached hydrogen (secondary N) is 2. The molecular formula is C27H21ClF3N3O6S2. The number of rotatable bonds is 9. The van der Waals surface area contributed by atoms with Gasteiger partial charge in [0.15, 0.2) is 0 Å². The van der Waals surface area contributed by atoms with Crippen molar-refractivity contribution in [1.82, 2.24) is 10.2 Å². The van der Waals surface area contributed by atoms with E-state index in [9.17, 15) is 36.0 Å². The van der Waals surface area contributed by atoms with Crippen LogP contribution < -0.4 is 14.8 Å². The number of hydrogen-bond donors (Lipinski definition) is 2. The van der Waals surface area contributed by atoms with Crippen LogP contribution >= 0.6 is 23.4 Å². The van der Waals surface area contributed by atoms with Gasteiger partial charge in [-0.15, -0.1) is 0 Å². The fourth-order valence-electron chi connectivity index (χ4n) is 3.72. The third-order valence-corrected chi connectivity index (χ3v) is 8.45. The Morgan fingerprint density at radius 1 is 1.07 bits per heavy atom. The number of carbonyl (C=O) groups excluding carboxylic acids is 3. The molecule has 0 spiro atoms. The van der Waals surface area contributed by atoms with E-state index in [1.165, 1.54) is 19.2 Å². The number of thioether (sulfide) groups is 1. The number of methoxy groups -OCH3 is 1. The predicted molar refractivity (Wildman–Crippen MR) is 152 cm³/mol. The molecule has 1 fully saturated rings. The van der Waals surface area contributed by atoms with Crippen molar-refractivity contribution in [1.29, 1.82) is 0 Å². The molecule has 4 rings (SSSR count). The quantitative estimate of drug-likeness (QED) is 0.291. The zero-order valence-electron chi connectivity index (χ0n) is 21.6. The first-order valence-corrected chi connectivity index (χ1v) is 14.6.